The van der Waals surface area contributed by atoms with Crippen LogP contribution in [0.25, 0.3) is 21.4 Å². The summed E-state index contributed by atoms with van der Waals surface area (Å²) in [6, 6.07) is 4.58. The van der Waals surface area contributed by atoms with Crippen LogP contribution in [0.1, 0.15) is 28.1 Å². The van der Waals surface area contributed by atoms with Crippen molar-refractivity contribution in [2.75, 3.05) is 31.1 Å². The molecule has 0 bridgehead atoms. The first-order valence-corrected chi connectivity index (χ1v) is 12.4. The molecule has 2 N–H and O–H groups in total. The molecule has 37 heavy (non-hydrogen) atoms. The summed E-state index contributed by atoms with van der Waals surface area (Å²) in [4.78, 5) is 47.3. The maximum Gasteiger partial charge on any atom is 0.286 e. The number of amides is 3. The Kier molecular flexibility index (Phi) is 10.0. The van der Waals surface area contributed by atoms with E-state index < -0.39 is 17.6 Å². The van der Waals surface area contributed by atoms with Gasteiger partial charge in [-0.25, -0.2) is 4.39 Å². The quantitative estimate of drug-likeness (QED) is 0.197. The van der Waals surface area contributed by atoms with Crippen molar-refractivity contribution in [1.29, 1.82) is 0 Å². The molecule has 3 fully saturated rings. The number of benzene rings is 1. The van der Waals surface area contributed by atoms with Crippen molar-refractivity contribution in [2.24, 2.45) is 5.11 Å². The zero-order valence-electron chi connectivity index (χ0n) is 20.3. The van der Waals surface area contributed by atoms with Gasteiger partial charge in [0.25, 0.3) is 5.24 Å². The number of hydrogen-bond donors (Lipinski definition) is 2. The van der Waals surface area contributed by atoms with Gasteiger partial charge in [0.05, 0.1) is 30.7 Å². The van der Waals surface area contributed by atoms with Crippen molar-refractivity contribution in [1.82, 2.24) is 10.6 Å². The second-order valence-corrected chi connectivity index (χ2v) is 9.80. The van der Waals surface area contributed by atoms with Gasteiger partial charge in [-0.2, -0.15) is 0 Å². The number of ketones is 1. The number of carbonyl (C=O) groups excluding carboxylic acids is 4. The molecule has 200 valence electrons. The molecule has 12 nitrogen and oxygen atoms in total. The minimum Gasteiger partial charge on any atom is -0.459 e. The Balaban J connectivity index is 0.000000234. The Morgan fingerprint density at radius 3 is 2.43 bits per heavy atom. The summed E-state index contributed by atoms with van der Waals surface area (Å²) in [6.45, 7) is 6.83. The summed E-state index contributed by atoms with van der Waals surface area (Å²) in [7, 11) is 0. The highest BCUT2D eigenvalue weighted by molar-refractivity contribution is 8.14. The molecule has 3 saturated heterocycles. The molecule has 3 aliphatic heterocycles. The van der Waals surface area contributed by atoms with E-state index in [9.17, 15) is 23.6 Å². The predicted molar refractivity (Wildman–Crippen MR) is 137 cm³/mol. The van der Waals surface area contributed by atoms with Crippen LogP contribution in [0.15, 0.2) is 34.0 Å². The van der Waals surface area contributed by atoms with Gasteiger partial charge in [-0.15, -0.1) is 0 Å². The average Bonchev–Trinajstić information content (AvgIpc) is 3.41. The molecular formula is C23H29FN6O6S. The van der Waals surface area contributed by atoms with Crippen molar-refractivity contribution < 1.29 is 34.1 Å². The number of para-hydroxylation sites is 1. The van der Waals surface area contributed by atoms with Crippen molar-refractivity contribution in [3.05, 3.63) is 40.7 Å². The predicted octanol–water partition coefficient (Wildman–Crippen LogP) is 3.55. The third kappa shape index (κ3) is 8.02. The van der Waals surface area contributed by atoms with Gasteiger partial charge in [-0.05, 0) is 31.5 Å². The van der Waals surface area contributed by atoms with Gasteiger partial charge >= 0.3 is 0 Å². The lowest BCUT2D eigenvalue weighted by molar-refractivity contribution is -0.138. The third-order valence-electron chi connectivity index (χ3n) is 5.37. The monoisotopic (exact) mass is 536 g/mol. The van der Waals surface area contributed by atoms with Crippen LogP contribution in [-0.4, -0.2) is 66.5 Å². The van der Waals surface area contributed by atoms with Gasteiger partial charge in [0.15, 0.2) is 17.2 Å². The number of nitrogens with zero attached hydrogens (tertiary/aromatic N) is 4. The highest BCUT2D eigenvalue weighted by Crippen LogP contribution is 2.37. The molecule has 4 heterocycles. The molecule has 0 saturated carbocycles. The molecule has 1 aromatic carbocycles. The van der Waals surface area contributed by atoms with Crippen molar-refractivity contribution in [2.45, 2.75) is 44.1 Å². The second kappa shape index (κ2) is 13.2. The number of nitrogens with one attached hydrogen (secondary N) is 2. The number of carbonyl (C=O) groups is 4. The molecule has 5 rings (SSSR count). The number of ether oxygens (including phenoxy) is 1. The van der Waals surface area contributed by atoms with Crippen molar-refractivity contribution >= 4 is 51.3 Å². The first-order valence-electron chi connectivity index (χ1n) is 11.5. The van der Waals surface area contributed by atoms with Crippen LogP contribution in [0.5, 0.6) is 0 Å². The van der Waals surface area contributed by atoms with Crippen LogP contribution in [0.3, 0.4) is 0 Å². The SMILES string of the molecule is C[C@@H]1CNC[C@H](C)O1.O=C1CC(=O)NC(=O)C1.[HH].[N-]=[N+]=NC[C@H]1CN(c2coc3c(F)cccc23)C(=O)S1. The molecule has 0 unspecified atom stereocenters. The summed E-state index contributed by atoms with van der Waals surface area (Å²) >= 11 is 1.11. The normalized spacial score (nSPS) is 23.4. The number of imide groups is 1. The van der Waals surface area contributed by atoms with E-state index in [2.05, 4.69) is 29.2 Å². The summed E-state index contributed by atoms with van der Waals surface area (Å²) in [6.07, 6.45) is 1.89. The number of morpholine rings is 1. The molecule has 3 amide bonds. The van der Waals surface area contributed by atoms with Crippen LogP contribution < -0.4 is 15.5 Å². The molecule has 3 aliphatic rings. The van der Waals surface area contributed by atoms with Gasteiger partial charge in [-0.1, -0.05) is 22.9 Å². The second-order valence-electron chi connectivity index (χ2n) is 8.55. The molecule has 0 aliphatic carbocycles. The highest BCUT2D eigenvalue weighted by atomic mass is 32.2. The van der Waals surface area contributed by atoms with E-state index in [0.29, 0.717) is 29.8 Å². The number of piperidine rings is 1. The van der Waals surface area contributed by atoms with E-state index in [1.165, 1.54) is 17.2 Å². The van der Waals surface area contributed by atoms with Crippen LogP contribution in [0.4, 0.5) is 14.9 Å². The molecule has 0 radical (unpaired) electrons. The molecule has 0 spiro atoms. The van der Waals surface area contributed by atoms with Crippen LogP contribution >= 0.6 is 11.8 Å². The van der Waals surface area contributed by atoms with E-state index in [1.54, 1.807) is 12.1 Å². The van der Waals surface area contributed by atoms with E-state index >= 15 is 0 Å². The lowest BCUT2D eigenvalue weighted by Gasteiger charge is -2.25. The fraction of sp³-hybridized carbons (Fsp3) is 0.478. The molecule has 3 atom stereocenters. The smallest absolute Gasteiger partial charge is 0.286 e. The van der Waals surface area contributed by atoms with E-state index in [1.807, 2.05) is 5.32 Å². The Bertz CT molecular complexity index is 1170. The van der Waals surface area contributed by atoms with Crippen molar-refractivity contribution in [3.63, 3.8) is 0 Å². The summed E-state index contributed by atoms with van der Waals surface area (Å²) in [5.41, 5.74) is 8.99. The van der Waals surface area contributed by atoms with Gasteiger partial charge in [-0.3, -0.25) is 29.4 Å². The first kappa shape index (κ1) is 28.1. The number of fused-ring (bicyclic) bond motifs is 1. The number of rotatable bonds is 3. The van der Waals surface area contributed by atoms with Crippen LogP contribution in [-0.2, 0) is 19.1 Å². The Hall–Kier alpha value is -3.45. The topological polar surface area (TPSA) is 167 Å². The molecule has 14 heteroatoms. The Morgan fingerprint density at radius 1 is 1.19 bits per heavy atom. The maximum atomic E-state index is 13.6. The van der Waals surface area contributed by atoms with E-state index in [4.69, 9.17) is 14.7 Å². The summed E-state index contributed by atoms with van der Waals surface area (Å²) in [5.74, 6) is -1.74. The third-order valence-corrected chi connectivity index (χ3v) is 6.42. The standard InChI is InChI=1S/C12H9FN4O2S.C6H13NO.C5H5NO3.H2/c13-9-3-1-2-8-10(6-19-11(8)9)17-5-7(4-15-16-14)20-12(17)18;1-5-3-7-4-6(2)8-5;7-3-1-4(8)6-5(9)2-3;/h1-3,6-7H,4-5H2;5-7H,3-4H2,1-2H3;1-2H2,(H,6,8,9);1H/t7-;5-,6+;;/m0.../s1. The number of azide groups is 1. The minimum absolute atomic E-state index is 0. The zero-order chi connectivity index (χ0) is 26.9. The lowest BCUT2D eigenvalue weighted by Crippen LogP contribution is -2.41. The van der Waals surface area contributed by atoms with Crippen LogP contribution in [0, 0.1) is 5.82 Å². The number of Topliss-reactive ketones (excluding diaryl/α,β-unsaturated/α-hetero) is 1. The fourth-order valence-corrected chi connectivity index (χ4v) is 4.76. The van der Waals surface area contributed by atoms with Gasteiger partial charge in [0.2, 0.25) is 11.8 Å². The zero-order valence-corrected chi connectivity index (χ0v) is 21.1. The molecule has 2 aromatic rings. The summed E-state index contributed by atoms with van der Waals surface area (Å²) in [5, 5.41) is 9.05. The average molecular weight is 537 g/mol. The number of halogens is 1. The Labute approximate surface area is 217 Å². The number of thioether (sulfide) groups is 1. The maximum absolute atomic E-state index is 13.6. The van der Waals surface area contributed by atoms with E-state index in [-0.39, 0.29) is 42.7 Å². The van der Waals surface area contributed by atoms with Crippen molar-refractivity contribution in [3.8, 4) is 0 Å². The minimum atomic E-state index is -0.490. The molecular weight excluding hydrogens is 507 g/mol. The number of hydrogen-bond acceptors (Lipinski definition) is 9. The number of furan rings is 1. The fourth-order valence-electron chi connectivity index (χ4n) is 3.81. The van der Waals surface area contributed by atoms with Crippen LogP contribution in [0.2, 0.25) is 0 Å². The van der Waals surface area contributed by atoms with E-state index in [0.717, 1.165) is 24.9 Å². The van der Waals surface area contributed by atoms with Gasteiger partial charge < -0.3 is 14.5 Å². The Morgan fingerprint density at radius 2 is 1.86 bits per heavy atom. The molecule has 1 aromatic heterocycles. The van der Waals surface area contributed by atoms with Gasteiger partial charge in [0.1, 0.15) is 6.26 Å². The largest absolute Gasteiger partial charge is 0.459 e. The highest BCUT2D eigenvalue weighted by Gasteiger charge is 2.33. The number of anilines is 1. The lowest BCUT2D eigenvalue weighted by atomic mass is 10.1. The van der Waals surface area contributed by atoms with Gasteiger partial charge in [0, 0.05) is 43.2 Å². The first-order chi connectivity index (χ1) is 17.7. The summed E-state index contributed by atoms with van der Waals surface area (Å²) < 4.78 is 24.2.